The van der Waals surface area contributed by atoms with Gasteiger partial charge in [-0.25, -0.2) is 18.1 Å². The molecule has 3 atom stereocenters. The van der Waals surface area contributed by atoms with E-state index in [0.29, 0.717) is 17.9 Å². The Labute approximate surface area is 220 Å². The fourth-order valence-electron chi connectivity index (χ4n) is 5.28. The molecule has 2 bridgehead atoms. The van der Waals surface area contributed by atoms with Crippen molar-refractivity contribution in [3.8, 4) is 17.2 Å². The number of phenolic OH excluding ortho intramolecular Hbond substituents is 1. The zero-order valence-corrected chi connectivity index (χ0v) is 21.6. The molecule has 0 spiro atoms. The van der Waals surface area contributed by atoms with Crippen LogP contribution in [0.5, 0.6) is 11.5 Å². The van der Waals surface area contributed by atoms with Crippen molar-refractivity contribution in [2.45, 2.75) is 23.9 Å². The SMILES string of the molecule is COc1ccc(N(C)S(=O)(=O)C2CC3OC2C(c2ccc(-n4cncn4)cc2)=C3c2ccc(O)cc2)cc1. The molecule has 6 rings (SSSR count). The Morgan fingerprint density at radius 2 is 1.63 bits per heavy atom. The fraction of sp³-hybridized carbons (Fsp3) is 0.214. The summed E-state index contributed by atoms with van der Waals surface area (Å²) in [5, 5.41) is 13.3. The average molecular weight is 531 g/mol. The van der Waals surface area contributed by atoms with E-state index in [1.807, 2.05) is 36.4 Å². The highest BCUT2D eigenvalue weighted by atomic mass is 32.2. The van der Waals surface area contributed by atoms with Gasteiger partial charge in [-0.05, 0) is 77.2 Å². The number of aromatic nitrogens is 3. The first-order chi connectivity index (χ1) is 18.4. The molecule has 2 aliphatic heterocycles. The van der Waals surface area contributed by atoms with E-state index in [1.165, 1.54) is 10.6 Å². The van der Waals surface area contributed by atoms with Gasteiger partial charge in [0, 0.05) is 7.05 Å². The number of hydrogen-bond donors (Lipinski definition) is 1. The highest BCUT2D eigenvalue weighted by Crippen LogP contribution is 2.51. The van der Waals surface area contributed by atoms with Crippen LogP contribution >= 0.6 is 0 Å². The van der Waals surface area contributed by atoms with Crippen molar-refractivity contribution < 1.29 is 23.0 Å². The molecule has 1 fully saturated rings. The minimum atomic E-state index is -3.77. The summed E-state index contributed by atoms with van der Waals surface area (Å²) in [6.45, 7) is 0. The van der Waals surface area contributed by atoms with Crippen LogP contribution in [0, 0.1) is 0 Å². The van der Waals surface area contributed by atoms with Gasteiger partial charge >= 0.3 is 0 Å². The summed E-state index contributed by atoms with van der Waals surface area (Å²) in [5.74, 6) is 0.819. The molecular weight excluding hydrogens is 504 g/mol. The van der Waals surface area contributed by atoms with Crippen LogP contribution in [0.1, 0.15) is 17.5 Å². The van der Waals surface area contributed by atoms with Gasteiger partial charge in [-0.3, -0.25) is 4.31 Å². The normalized spacial score (nSPS) is 20.6. The summed E-state index contributed by atoms with van der Waals surface area (Å²) in [6, 6.07) is 21.6. The number of rotatable bonds is 7. The van der Waals surface area contributed by atoms with Gasteiger partial charge in [-0.15, -0.1) is 0 Å². The largest absolute Gasteiger partial charge is 0.508 e. The number of methoxy groups -OCH3 is 1. The van der Waals surface area contributed by atoms with E-state index < -0.39 is 27.5 Å². The van der Waals surface area contributed by atoms with Crippen molar-refractivity contribution in [1.29, 1.82) is 0 Å². The molecule has 3 heterocycles. The molecule has 1 N–H and O–H groups in total. The summed E-state index contributed by atoms with van der Waals surface area (Å²) < 4.78 is 42.4. The molecule has 0 amide bonds. The molecule has 2 aliphatic rings. The Bertz CT molecular complexity index is 1580. The summed E-state index contributed by atoms with van der Waals surface area (Å²) in [6.07, 6.45) is 2.39. The van der Waals surface area contributed by atoms with Crippen LogP contribution in [0.3, 0.4) is 0 Å². The smallest absolute Gasteiger partial charge is 0.240 e. The van der Waals surface area contributed by atoms with E-state index in [4.69, 9.17) is 9.47 Å². The molecule has 9 nitrogen and oxygen atoms in total. The standard InChI is InChI=1S/C28H26N4O5S/c1-31(20-9-13-23(36-2)14-10-20)38(34,35)25-15-24-26(18-5-11-22(33)12-6-18)27(28(25)37-24)19-3-7-21(8-4-19)32-17-29-16-30-32/h3-14,16-17,24-25,28,33H,15H2,1-2H3. The zero-order valence-electron chi connectivity index (χ0n) is 20.8. The van der Waals surface area contributed by atoms with Gasteiger partial charge in [-0.2, -0.15) is 5.10 Å². The number of sulfonamides is 1. The van der Waals surface area contributed by atoms with Crippen molar-refractivity contribution in [2.24, 2.45) is 0 Å². The first kappa shape index (κ1) is 24.2. The monoisotopic (exact) mass is 530 g/mol. The van der Waals surface area contributed by atoms with Crippen LogP contribution in [0.25, 0.3) is 16.8 Å². The lowest BCUT2D eigenvalue weighted by atomic mass is 9.83. The highest BCUT2D eigenvalue weighted by molar-refractivity contribution is 7.93. The molecular formula is C28H26N4O5S. The van der Waals surface area contributed by atoms with Crippen molar-refractivity contribution >= 4 is 26.9 Å². The van der Waals surface area contributed by atoms with Crippen LogP contribution in [0.4, 0.5) is 5.69 Å². The highest BCUT2D eigenvalue weighted by Gasteiger charge is 2.53. The second kappa shape index (κ2) is 9.30. The van der Waals surface area contributed by atoms with Gasteiger partial charge in [0.15, 0.2) is 0 Å². The minimum absolute atomic E-state index is 0.165. The van der Waals surface area contributed by atoms with Gasteiger partial charge < -0.3 is 14.6 Å². The predicted molar refractivity (Wildman–Crippen MR) is 144 cm³/mol. The van der Waals surface area contributed by atoms with Gasteiger partial charge in [-0.1, -0.05) is 24.3 Å². The summed E-state index contributed by atoms with van der Waals surface area (Å²) in [5.41, 5.74) is 4.94. The molecule has 194 valence electrons. The Kier molecular flexibility index (Phi) is 5.93. The molecule has 4 aromatic rings. The van der Waals surface area contributed by atoms with Crippen LogP contribution in [0.15, 0.2) is 85.5 Å². The maximum atomic E-state index is 13.9. The van der Waals surface area contributed by atoms with Crippen molar-refractivity contribution in [3.05, 3.63) is 96.6 Å². The number of ether oxygens (including phenoxy) is 2. The minimum Gasteiger partial charge on any atom is -0.508 e. The lowest BCUT2D eigenvalue weighted by molar-refractivity contribution is 0.128. The number of benzene rings is 3. The van der Waals surface area contributed by atoms with Crippen LogP contribution in [-0.2, 0) is 14.8 Å². The van der Waals surface area contributed by atoms with Crippen molar-refractivity contribution in [1.82, 2.24) is 14.8 Å². The quantitative estimate of drug-likeness (QED) is 0.386. The number of nitrogens with zero attached hydrogens (tertiary/aromatic N) is 4. The van der Waals surface area contributed by atoms with Crippen LogP contribution in [-0.4, -0.2) is 59.9 Å². The lowest BCUT2D eigenvalue weighted by Gasteiger charge is -2.29. The van der Waals surface area contributed by atoms with E-state index >= 15 is 0 Å². The lowest BCUT2D eigenvalue weighted by Crippen LogP contribution is -2.42. The molecule has 10 heteroatoms. The number of anilines is 1. The third kappa shape index (κ3) is 4.02. The number of aromatic hydroxyl groups is 1. The topological polar surface area (TPSA) is 107 Å². The molecule has 3 unspecified atom stereocenters. The third-order valence-corrected chi connectivity index (χ3v) is 9.41. The summed E-state index contributed by atoms with van der Waals surface area (Å²) in [7, 11) is -0.629. The molecule has 1 saturated heterocycles. The Balaban J connectivity index is 1.40. The Morgan fingerprint density at radius 1 is 0.974 bits per heavy atom. The van der Waals surface area contributed by atoms with E-state index in [1.54, 1.807) is 61.6 Å². The zero-order chi connectivity index (χ0) is 26.4. The maximum absolute atomic E-state index is 13.9. The second-order valence-electron chi connectivity index (χ2n) is 9.29. The van der Waals surface area contributed by atoms with Gasteiger partial charge in [0.05, 0.1) is 24.6 Å². The summed E-state index contributed by atoms with van der Waals surface area (Å²) >= 11 is 0. The molecule has 0 saturated carbocycles. The van der Waals surface area contributed by atoms with E-state index in [9.17, 15) is 13.5 Å². The number of hydrogen-bond acceptors (Lipinski definition) is 7. The second-order valence-corrected chi connectivity index (χ2v) is 11.5. The Morgan fingerprint density at radius 3 is 2.26 bits per heavy atom. The van der Waals surface area contributed by atoms with Gasteiger partial charge in [0.25, 0.3) is 0 Å². The molecule has 0 aliphatic carbocycles. The Hall–Kier alpha value is -4.15. The first-order valence-corrected chi connectivity index (χ1v) is 13.6. The first-order valence-electron chi connectivity index (χ1n) is 12.1. The van der Waals surface area contributed by atoms with Gasteiger partial charge in [0.1, 0.15) is 35.5 Å². The maximum Gasteiger partial charge on any atom is 0.240 e. The number of fused-ring (bicyclic) bond motifs is 2. The van der Waals surface area contributed by atoms with Crippen LogP contribution in [0.2, 0.25) is 0 Å². The predicted octanol–water partition coefficient (Wildman–Crippen LogP) is 3.90. The van der Waals surface area contributed by atoms with E-state index in [2.05, 4.69) is 10.1 Å². The van der Waals surface area contributed by atoms with Crippen LogP contribution < -0.4 is 9.04 Å². The fourth-order valence-corrected chi connectivity index (χ4v) is 7.03. The van der Waals surface area contributed by atoms with E-state index in [0.717, 1.165) is 28.0 Å². The summed E-state index contributed by atoms with van der Waals surface area (Å²) in [4.78, 5) is 4.00. The molecule has 0 radical (unpaired) electrons. The van der Waals surface area contributed by atoms with E-state index in [-0.39, 0.29) is 5.75 Å². The van der Waals surface area contributed by atoms with Gasteiger partial charge in [0.2, 0.25) is 10.0 Å². The van der Waals surface area contributed by atoms with Crippen molar-refractivity contribution in [2.75, 3.05) is 18.5 Å². The average Bonchev–Trinajstić information content (AvgIpc) is 3.71. The molecule has 3 aromatic carbocycles. The van der Waals surface area contributed by atoms with Crippen molar-refractivity contribution in [3.63, 3.8) is 0 Å². The third-order valence-electron chi connectivity index (χ3n) is 7.23. The molecule has 1 aromatic heterocycles. The molecule has 38 heavy (non-hydrogen) atoms. The number of phenols is 1.